The van der Waals surface area contributed by atoms with E-state index in [-0.39, 0.29) is 24.4 Å². The number of ether oxygens (including phenoxy) is 1. The van der Waals surface area contributed by atoms with Crippen molar-refractivity contribution in [2.75, 3.05) is 0 Å². The lowest BCUT2D eigenvalue weighted by atomic mass is 10.1. The molecule has 2 aromatic carbocycles. The number of hydrogen-bond donors (Lipinski definition) is 1. The largest absolute Gasteiger partial charge is 0.508 e. The van der Waals surface area contributed by atoms with Gasteiger partial charge in [-0.2, -0.15) is 0 Å². The Hall–Kier alpha value is -2.82. The number of esters is 1. The first-order chi connectivity index (χ1) is 11.7. The fourth-order valence-electron chi connectivity index (χ4n) is 3.23. The highest BCUT2D eigenvalue weighted by atomic mass is 16.5. The van der Waals surface area contributed by atoms with Crippen molar-refractivity contribution in [2.24, 2.45) is 4.99 Å². The van der Waals surface area contributed by atoms with E-state index < -0.39 is 0 Å². The van der Waals surface area contributed by atoms with Gasteiger partial charge in [0.15, 0.2) is 0 Å². The van der Waals surface area contributed by atoms with Crippen molar-refractivity contribution >= 4 is 17.5 Å². The number of carbonyl (C=O) groups is 1. The number of phenolic OH excluding ortho intramolecular Hbond substituents is 1. The number of fused-ring (bicyclic) bond motifs is 2. The lowest BCUT2D eigenvalue weighted by molar-refractivity contribution is -0.149. The van der Waals surface area contributed by atoms with Crippen LogP contribution in [0.15, 0.2) is 53.5 Å². The van der Waals surface area contributed by atoms with Crippen molar-refractivity contribution in [2.45, 2.75) is 32.0 Å². The molecule has 1 saturated heterocycles. The van der Waals surface area contributed by atoms with Gasteiger partial charge in [-0.1, -0.05) is 30.3 Å². The lowest BCUT2D eigenvalue weighted by Crippen LogP contribution is -2.40. The van der Waals surface area contributed by atoms with Crippen LogP contribution in [0.3, 0.4) is 0 Å². The number of para-hydroxylation sites is 1. The number of aliphatic imine (C=N–C) groups is 1. The van der Waals surface area contributed by atoms with Crippen molar-refractivity contribution in [3.8, 4) is 5.75 Å². The van der Waals surface area contributed by atoms with E-state index in [0.717, 1.165) is 35.5 Å². The molecule has 0 radical (unpaired) electrons. The predicted octanol–water partition coefficient (Wildman–Crippen LogP) is 3.14. The van der Waals surface area contributed by atoms with E-state index >= 15 is 0 Å². The van der Waals surface area contributed by atoms with Gasteiger partial charge in [-0.05, 0) is 35.7 Å². The van der Waals surface area contributed by atoms with Gasteiger partial charge in [0.05, 0.1) is 5.69 Å². The molecule has 1 N–H and O–H groups in total. The molecular formula is C19H18N2O3. The van der Waals surface area contributed by atoms with Crippen LogP contribution in [0.5, 0.6) is 5.75 Å². The average molecular weight is 322 g/mol. The topological polar surface area (TPSA) is 62.1 Å². The SMILES string of the molecule is O=C(OCc1ccc(O)cc1)[C@@H]1CCC2=Nc3ccccc3CN21. The molecule has 4 rings (SSSR count). The van der Waals surface area contributed by atoms with Gasteiger partial charge in [0.2, 0.25) is 0 Å². The summed E-state index contributed by atoms with van der Waals surface area (Å²) in [5.74, 6) is 0.960. The molecule has 0 amide bonds. The number of amidine groups is 1. The molecule has 5 nitrogen and oxygen atoms in total. The number of rotatable bonds is 3. The molecule has 0 aliphatic carbocycles. The molecule has 0 aromatic heterocycles. The van der Waals surface area contributed by atoms with Crippen molar-refractivity contribution in [1.82, 2.24) is 4.90 Å². The van der Waals surface area contributed by atoms with Crippen LogP contribution in [0.25, 0.3) is 0 Å². The molecule has 24 heavy (non-hydrogen) atoms. The standard InChI is InChI=1S/C19H18N2O3/c22-15-7-5-13(6-8-15)12-24-19(23)17-9-10-18-20-16-4-2-1-3-14(16)11-21(17)18/h1-8,17,22H,9-12H2/t17-/m0/s1. The van der Waals surface area contributed by atoms with E-state index in [2.05, 4.69) is 9.89 Å². The van der Waals surface area contributed by atoms with E-state index in [1.54, 1.807) is 24.3 Å². The number of phenols is 1. The molecule has 1 fully saturated rings. The predicted molar refractivity (Wildman–Crippen MR) is 90.0 cm³/mol. The summed E-state index contributed by atoms with van der Waals surface area (Å²) in [6, 6.07) is 14.4. The zero-order valence-electron chi connectivity index (χ0n) is 13.2. The summed E-state index contributed by atoms with van der Waals surface area (Å²) in [4.78, 5) is 19.2. The summed E-state index contributed by atoms with van der Waals surface area (Å²) < 4.78 is 5.47. The summed E-state index contributed by atoms with van der Waals surface area (Å²) in [5, 5.41) is 9.29. The van der Waals surface area contributed by atoms with Gasteiger partial charge in [-0.3, -0.25) is 0 Å². The summed E-state index contributed by atoms with van der Waals surface area (Å²) in [6.45, 7) is 0.917. The lowest BCUT2D eigenvalue weighted by Gasteiger charge is -2.29. The Morgan fingerprint density at radius 1 is 1.21 bits per heavy atom. The third-order valence-corrected chi connectivity index (χ3v) is 4.52. The normalized spacial score (nSPS) is 18.6. The van der Waals surface area contributed by atoms with Gasteiger partial charge in [-0.15, -0.1) is 0 Å². The Morgan fingerprint density at radius 3 is 2.83 bits per heavy atom. The molecule has 2 aliphatic heterocycles. The third-order valence-electron chi connectivity index (χ3n) is 4.52. The number of hydrogen-bond acceptors (Lipinski definition) is 5. The molecule has 1 atom stereocenters. The van der Waals surface area contributed by atoms with Crippen LogP contribution in [0.1, 0.15) is 24.0 Å². The first-order valence-corrected chi connectivity index (χ1v) is 8.07. The molecule has 2 aromatic rings. The summed E-state index contributed by atoms with van der Waals surface area (Å²) in [6.07, 6.45) is 1.54. The van der Waals surface area contributed by atoms with Crippen molar-refractivity contribution in [1.29, 1.82) is 0 Å². The Balaban J connectivity index is 1.44. The van der Waals surface area contributed by atoms with Gasteiger partial charge in [0, 0.05) is 13.0 Å². The van der Waals surface area contributed by atoms with Crippen LogP contribution in [0, 0.1) is 0 Å². The molecule has 0 unspecified atom stereocenters. The Kier molecular flexibility index (Phi) is 3.69. The monoisotopic (exact) mass is 322 g/mol. The fraction of sp³-hybridized carbons (Fsp3) is 0.263. The van der Waals surface area contributed by atoms with Crippen LogP contribution in [0.4, 0.5) is 5.69 Å². The number of benzene rings is 2. The Morgan fingerprint density at radius 2 is 2.00 bits per heavy atom. The number of carbonyl (C=O) groups excluding carboxylic acids is 1. The maximum atomic E-state index is 12.5. The van der Waals surface area contributed by atoms with Gasteiger partial charge in [-0.25, -0.2) is 9.79 Å². The number of aromatic hydroxyl groups is 1. The second-order valence-corrected chi connectivity index (χ2v) is 6.11. The minimum atomic E-state index is -0.269. The van der Waals surface area contributed by atoms with E-state index in [9.17, 15) is 9.90 Å². The molecule has 122 valence electrons. The molecule has 0 spiro atoms. The van der Waals surface area contributed by atoms with E-state index in [1.807, 2.05) is 24.3 Å². The maximum Gasteiger partial charge on any atom is 0.329 e. The molecule has 0 bridgehead atoms. The van der Waals surface area contributed by atoms with Gasteiger partial charge in [0.1, 0.15) is 24.2 Å². The van der Waals surface area contributed by atoms with Crippen LogP contribution in [0.2, 0.25) is 0 Å². The molecule has 2 heterocycles. The quantitative estimate of drug-likeness (QED) is 0.882. The van der Waals surface area contributed by atoms with Gasteiger partial charge in [0.25, 0.3) is 0 Å². The summed E-state index contributed by atoms with van der Waals surface area (Å²) >= 11 is 0. The second kappa shape index (κ2) is 6.00. The molecule has 5 heteroatoms. The minimum absolute atomic E-state index is 0.203. The van der Waals surface area contributed by atoms with Crippen molar-refractivity contribution in [3.05, 3.63) is 59.7 Å². The average Bonchev–Trinajstić information content (AvgIpc) is 3.02. The highest BCUT2D eigenvalue weighted by Crippen LogP contribution is 2.33. The van der Waals surface area contributed by atoms with Gasteiger partial charge >= 0.3 is 5.97 Å². The fourth-order valence-corrected chi connectivity index (χ4v) is 3.23. The van der Waals surface area contributed by atoms with E-state index in [1.165, 1.54) is 0 Å². The molecule has 2 aliphatic rings. The Labute approximate surface area is 140 Å². The van der Waals surface area contributed by atoms with Crippen LogP contribution >= 0.6 is 0 Å². The highest BCUT2D eigenvalue weighted by molar-refractivity contribution is 5.94. The van der Waals surface area contributed by atoms with E-state index in [4.69, 9.17) is 4.74 Å². The second-order valence-electron chi connectivity index (χ2n) is 6.11. The first kappa shape index (κ1) is 14.8. The van der Waals surface area contributed by atoms with Crippen molar-refractivity contribution in [3.63, 3.8) is 0 Å². The third kappa shape index (κ3) is 2.73. The maximum absolute atomic E-state index is 12.5. The summed E-state index contributed by atoms with van der Waals surface area (Å²) in [5.41, 5.74) is 3.00. The zero-order chi connectivity index (χ0) is 16.5. The molecular weight excluding hydrogens is 304 g/mol. The first-order valence-electron chi connectivity index (χ1n) is 8.07. The highest BCUT2D eigenvalue weighted by Gasteiger charge is 2.37. The van der Waals surface area contributed by atoms with Crippen LogP contribution < -0.4 is 0 Å². The van der Waals surface area contributed by atoms with Crippen LogP contribution in [-0.4, -0.2) is 27.9 Å². The zero-order valence-corrected chi connectivity index (χ0v) is 13.2. The van der Waals surface area contributed by atoms with Crippen LogP contribution in [-0.2, 0) is 22.7 Å². The van der Waals surface area contributed by atoms with E-state index in [0.29, 0.717) is 6.54 Å². The number of nitrogens with zero attached hydrogens (tertiary/aromatic N) is 2. The van der Waals surface area contributed by atoms with Gasteiger partial charge < -0.3 is 14.7 Å². The molecule has 0 saturated carbocycles. The summed E-state index contributed by atoms with van der Waals surface area (Å²) in [7, 11) is 0. The Bertz CT molecular complexity index is 799. The smallest absolute Gasteiger partial charge is 0.329 e. The minimum Gasteiger partial charge on any atom is -0.508 e. The van der Waals surface area contributed by atoms with Crippen molar-refractivity contribution < 1.29 is 14.6 Å².